The van der Waals surface area contributed by atoms with E-state index in [-0.39, 0.29) is 29.4 Å². The molecule has 0 aliphatic carbocycles. The molecule has 1 saturated heterocycles. The van der Waals surface area contributed by atoms with E-state index in [0.29, 0.717) is 11.1 Å². The number of benzene rings is 1. The van der Waals surface area contributed by atoms with Crippen LogP contribution in [0.2, 0.25) is 0 Å². The van der Waals surface area contributed by atoms with Gasteiger partial charge in [-0.1, -0.05) is 12.0 Å². The number of aryl methyl sites for hydroxylation is 2. The highest BCUT2D eigenvalue weighted by molar-refractivity contribution is 7.92. The Labute approximate surface area is 145 Å². The molecular weight excluding hydrogens is 346 g/mol. The Morgan fingerprint density at radius 1 is 1.21 bits per heavy atom. The highest BCUT2D eigenvalue weighted by Crippen LogP contribution is 2.31. The van der Waals surface area contributed by atoms with E-state index in [2.05, 4.69) is 5.92 Å². The van der Waals surface area contributed by atoms with Gasteiger partial charge in [0.15, 0.2) is 9.84 Å². The Kier molecular flexibility index (Phi) is 5.14. The van der Waals surface area contributed by atoms with Gasteiger partial charge in [0, 0.05) is 6.04 Å². The monoisotopic (exact) mass is 369 g/mol. The second kappa shape index (κ2) is 6.51. The van der Waals surface area contributed by atoms with Gasteiger partial charge in [-0.15, -0.1) is 6.42 Å². The summed E-state index contributed by atoms with van der Waals surface area (Å²) >= 11 is 0. The molecule has 0 spiro atoms. The number of terminal acetylenes is 1. The third kappa shape index (κ3) is 3.37. The first kappa shape index (κ1) is 19.0. The van der Waals surface area contributed by atoms with Crippen LogP contribution in [0.5, 0.6) is 0 Å². The number of nitrogens with zero attached hydrogens (tertiary/aromatic N) is 1. The SMILES string of the molecule is C#CCN(C1CCS(=O)(=O)C1)S(=O)(=O)c1c(C)c(C)cc(C)c1C. The maximum Gasteiger partial charge on any atom is 0.244 e. The molecule has 7 heteroatoms. The molecule has 1 unspecified atom stereocenters. The maximum atomic E-state index is 13.3. The van der Waals surface area contributed by atoms with Crippen molar-refractivity contribution in [3.05, 3.63) is 28.3 Å². The van der Waals surface area contributed by atoms with Gasteiger partial charge < -0.3 is 0 Å². The molecule has 24 heavy (non-hydrogen) atoms. The van der Waals surface area contributed by atoms with Crippen molar-refractivity contribution in [3.63, 3.8) is 0 Å². The molecule has 0 N–H and O–H groups in total. The predicted molar refractivity (Wildman–Crippen MR) is 95.2 cm³/mol. The lowest BCUT2D eigenvalue weighted by molar-refractivity contribution is 0.371. The lowest BCUT2D eigenvalue weighted by Crippen LogP contribution is -2.42. The van der Waals surface area contributed by atoms with E-state index in [0.717, 1.165) is 11.1 Å². The van der Waals surface area contributed by atoms with Gasteiger partial charge in [-0.25, -0.2) is 16.8 Å². The Morgan fingerprint density at radius 3 is 2.17 bits per heavy atom. The summed E-state index contributed by atoms with van der Waals surface area (Å²) in [6.07, 6.45) is 5.65. The van der Waals surface area contributed by atoms with Gasteiger partial charge in [0.25, 0.3) is 0 Å². The number of rotatable bonds is 4. The van der Waals surface area contributed by atoms with Crippen molar-refractivity contribution in [2.24, 2.45) is 0 Å². The third-order valence-corrected chi connectivity index (χ3v) is 8.65. The summed E-state index contributed by atoms with van der Waals surface area (Å²) in [7, 11) is -7.09. The van der Waals surface area contributed by atoms with Crippen LogP contribution in [0, 0.1) is 40.0 Å². The quantitative estimate of drug-likeness (QED) is 0.758. The van der Waals surface area contributed by atoms with Crippen LogP contribution >= 0.6 is 0 Å². The van der Waals surface area contributed by atoms with E-state index < -0.39 is 25.9 Å². The van der Waals surface area contributed by atoms with Crippen LogP contribution in [0.15, 0.2) is 11.0 Å². The zero-order valence-corrected chi connectivity index (χ0v) is 16.1. The molecule has 1 aromatic rings. The summed E-state index contributed by atoms with van der Waals surface area (Å²) in [5, 5.41) is 0. The van der Waals surface area contributed by atoms with E-state index in [1.54, 1.807) is 13.8 Å². The fraction of sp³-hybridized carbons (Fsp3) is 0.529. The minimum absolute atomic E-state index is 0.000925. The van der Waals surface area contributed by atoms with Gasteiger partial charge in [-0.2, -0.15) is 4.31 Å². The molecule has 132 valence electrons. The van der Waals surface area contributed by atoms with Crippen molar-refractivity contribution in [1.82, 2.24) is 4.31 Å². The number of hydrogen-bond donors (Lipinski definition) is 0. The van der Waals surface area contributed by atoms with E-state index in [1.807, 2.05) is 19.9 Å². The zero-order valence-electron chi connectivity index (χ0n) is 14.5. The van der Waals surface area contributed by atoms with Crippen LogP contribution in [0.1, 0.15) is 28.7 Å². The van der Waals surface area contributed by atoms with E-state index in [9.17, 15) is 16.8 Å². The molecule has 2 rings (SSSR count). The van der Waals surface area contributed by atoms with Crippen molar-refractivity contribution in [1.29, 1.82) is 0 Å². The van der Waals surface area contributed by atoms with Crippen LogP contribution in [0.3, 0.4) is 0 Å². The van der Waals surface area contributed by atoms with Crippen LogP contribution < -0.4 is 0 Å². The van der Waals surface area contributed by atoms with Crippen LogP contribution in [-0.4, -0.2) is 45.2 Å². The van der Waals surface area contributed by atoms with Crippen LogP contribution in [0.25, 0.3) is 0 Å². The Hall–Kier alpha value is -1.36. The third-order valence-electron chi connectivity index (χ3n) is 4.73. The van der Waals surface area contributed by atoms with Crippen molar-refractivity contribution in [2.45, 2.75) is 45.1 Å². The first-order valence-corrected chi connectivity index (χ1v) is 11.0. The van der Waals surface area contributed by atoms with Gasteiger partial charge in [-0.3, -0.25) is 0 Å². The molecular formula is C17H23NO4S2. The molecule has 1 aromatic carbocycles. The molecule has 0 aromatic heterocycles. The van der Waals surface area contributed by atoms with Crippen LogP contribution in [-0.2, 0) is 19.9 Å². The minimum Gasteiger partial charge on any atom is -0.229 e. The van der Waals surface area contributed by atoms with Gasteiger partial charge in [0.1, 0.15) is 0 Å². The smallest absolute Gasteiger partial charge is 0.229 e. The van der Waals surface area contributed by atoms with Crippen molar-refractivity contribution >= 4 is 19.9 Å². The average molecular weight is 370 g/mol. The highest BCUT2D eigenvalue weighted by Gasteiger charge is 2.39. The van der Waals surface area contributed by atoms with E-state index in [1.165, 1.54) is 4.31 Å². The van der Waals surface area contributed by atoms with Crippen molar-refractivity contribution in [3.8, 4) is 12.3 Å². The molecule has 1 aliphatic heterocycles. The Morgan fingerprint density at radius 2 is 1.75 bits per heavy atom. The Balaban J connectivity index is 2.61. The molecule has 1 aliphatic rings. The molecule has 5 nitrogen and oxygen atoms in total. The number of sulfonamides is 1. The Bertz CT molecular complexity index is 883. The van der Waals surface area contributed by atoms with Crippen molar-refractivity contribution < 1.29 is 16.8 Å². The minimum atomic E-state index is -3.88. The summed E-state index contributed by atoms with van der Waals surface area (Å²) in [4.78, 5) is 0.250. The lowest BCUT2D eigenvalue weighted by atomic mass is 10.0. The zero-order chi connectivity index (χ0) is 18.3. The first-order valence-electron chi connectivity index (χ1n) is 7.74. The molecule has 1 atom stereocenters. The topological polar surface area (TPSA) is 71.5 Å². The molecule has 0 amide bonds. The number of sulfone groups is 1. The average Bonchev–Trinajstić information content (AvgIpc) is 2.82. The first-order chi connectivity index (χ1) is 11.0. The summed E-state index contributed by atoms with van der Waals surface area (Å²) in [5.74, 6) is 2.20. The molecule has 0 saturated carbocycles. The predicted octanol–water partition coefficient (Wildman–Crippen LogP) is 1.73. The fourth-order valence-corrected chi connectivity index (χ4v) is 7.16. The summed E-state index contributed by atoms with van der Waals surface area (Å²) < 4.78 is 51.4. The highest BCUT2D eigenvalue weighted by atomic mass is 32.2. The van der Waals surface area contributed by atoms with E-state index in [4.69, 9.17) is 6.42 Å². The fourth-order valence-electron chi connectivity index (χ4n) is 3.19. The van der Waals surface area contributed by atoms with E-state index >= 15 is 0 Å². The van der Waals surface area contributed by atoms with Crippen molar-refractivity contribution in [2.75, 3.05) is 18.1 Å². The maximum absolute atomic E-state index is 13.3. The lowest BCUT2D eigenvalue weighted by Gasteiger charge is -2.28. The standard InChI is InChI=1S/C17H23NO4S2/c1-6-8-18(16-7-9-23(19,20)11-16)24(21,22)17-14(4)12(2)10-13(3)15(17)5/h1,10,16H,7-9,11H2,2-5H3. The second-order valence-electron chi connectivity index (χ2n) is 6.40. The van der Waals surface area contributed by atoms with Gasteiger partial charge in [0.05, 0.1) is 22.9 Å². The summed E-state index contributed by atoms with van der Waals surface area (Å²) in [6, 6.07) is 1.35. The van der Waals surface area contributed by atoms with Crippen LogP contribution in [0.4, 0.5) is 0 Å². The van der Waals surface area contributed by atoms with Gasteiger partial charge >= 0.3 is 0 Å². The van der Waals surface area contributed by atoms with Gasteiger partial charge in [-0.05, 0) is 56.4 Å². The summed E-state index contributed by atoms with van der Waals surface area (Å²) in [6.45, 7) is 7.15. The normalized spacial score (nSPS) is 20.2. The molecule has 0 radical (unpaired) electrons. The summed E-state index contributed by atoms with van der Waals surface area (Å²) in [5.41, 5.74) is 3.13. The second-order valence-corrected chi connectivity index (χ2v) is 10.5. The molecule has 0 bridgehead atoms. The largest absolute Gasteiger partial charge is 0.244 e. The number of hydrogen-bond acceptors (Lipinski definition) is 4. The molecule has 1 fully saturated rings. The van der Waals surface area contributed by atoms with Gasteiger partial charge in [0.2, 0.25) is 10.0 Å². The molecule has 1 heterocycles.